The van der Waals surface area contributed by atoms with Gasteiger partial charge in [0, 0.05) is 36.2 Å². The van der Waals surface area contributed by atoms with E-state index < -0.39 is 0 Å². The number of benzene rings is 2. The molecule has 1 aliphatic carbocycles. The molecule has 0 spiro atoms. The van der Waals surface area contributed by atoms with Crippen molar-refractivity contribution in [2.24, 2.45) is 5.92 Å². The largest absolute Gasteiger partial charge is 0.348 e. The highest BCUT2D eigenvalue weighted by atomic mass is 16.2. The molecule has 2 unspecified atom stereocenters. The molecule has 1 amide bonds. The van der Waals surface area contributed by atoms with Crippen LogP contribution in [0.25, 0.3) is 0 Å². The van der Waals surface area contributed by atoms with Gasteiger partial charge in [0.1, 0.15) is 0 Å². The molecule has 4 nitrogen and oxygen atoms in total. The summed E-state index contributed by atoms with van der Waals surface area (Å²) in [5, 5.41) is 0. The molecule has 2 heterocycles. The molecule has 0 saturated carbocycles. The Balaban J connectivity index is 1.46. The first-order chi connectivity index (χ1) is 12.8. The molecule has 0 fully saturated rings. The van der Waals surface area contributed by atoms with E-state index in [-0.39, 0.29) is 17.7 Å². The highest BCUT2D eigenvalue weighted by molar-refractivity contribution is 5.98. The zero-order chi connectivity index (χ0) is 17.5. The van der Waals surface area contributed by atoms with Crippen molar-refractivity contribution in [1.82, 2.24) is 9.97 Å². The Hall–Kier alpha value is -2.88. The number of hydrogen-bond acceptors (Lipinski definition) is 2. The summed E-state index contributed by atoms with van der Waals surface area (Å²) in [4.78, 5) is 22.9. The van der Waals surface area contributed by atoms with Gasteiger partial charge >= 0.3 is 0 Å². The summed E-state index contributed by atoms with van der Waals surface area (Å²) in [5.41, 5.74) is 5.85. The van der Waals surface area contributed by atoms with Gasteiger partial charge in [0.25, 0.3) is 0 Å². The summed E-state index contributed by atoms with van der Waals surface area (Å²) >= 11 is 0. The average Bonchev–Trinajstić information content (AvgIpc) is 3.32. The van der Waals surface area contributed by atoms with E-state index in [0.717, 1.165) is 42.9 Å². The molecular formula is C22H21N3O. The minimum Gasteiger partial charge on any atom is -0.348 e. The van der Waals surface area contributed by atoms with Crippen molar-refractivity contribution in [2.75, 3.05) is 11.4 Å². The van der Waals surface area contributed by atoms with Crippen molar-refractivity contribution in [3.63, 3.8) is 0 Å². The fourth-order valence-electron chi connectivity index (χ4n) is 4.42. The standard InChI is InChI=1S/C22H21N3O/c26-22(16-10-11-19-20(12-16)24-14-23-19)25-13-18(15-6-2-1-3-7-15)17-8-4-5-9-21(17)25/h1-9,14,16,18H,10-13H2,(H,23,24). The first-order valence-electron chi connectivity index (χ1n) is 9.27. The predicted octanol–water partition coefficient (Wildman–Crippen LogP) is 3.69. The molecule has 5 rings (SSSR count). The summed E-state index contributed by atoms with van der Waals surface area (Å²) < 4.78 is 0. The molecule has 0 bridgehead atoms. The summed E-state index contributed by atoms with van der Waals surface area (Å²) in [6.45, 7) is 0.731. The maximum atomic E-state index is 13.4. The number of aryl methyl sites for hydroxylation is 1. The van der Waals surface area contributed by atoms with Gasteiger partial charge in [-0.05, 0) is 30.0 Å². The van der Waals surface area contributed by atoms with Gasteiger partial charge in [-0.1, -0.05) is 48.5 Å². The normalized spacial score (nSPS) is 21.3. The van der Waals surface area contributed by atoms with E-state index in [0.29, 0.717) is 0 Å². The number of hydrogen-bond donors (Lipinski definition) is 1. The number of H-pyrrole nitrogens is 1. The Bertz CT molecular complexity index is 947. The van der Waals surface area contributed by atoms with Crippen molar-refractivity contribution < 1.29 is 4.79 Å². The zero-order valence-electron chi connectivity index (χ0n) is 14.6. The van der Waals surface area contributed by atoms with Crippen LogP contribution in [0.15, 0.2) is 60.9 Å². The number of rotatable bonds is 2. The molecule has 130 valence electrons. The predicted molar refractivity (Wildman–Crippen MR) is 101 cm³/mol. The van der Waals surface area contributed by atoms with E-state index in [1.807, 2.05) is 17.0 Å². The van der Waals surface area contributed by atoms with Gasteiger partial charge < -0.3 is 9.88 Å². The Morgan fingerprint density at radius 1 is 1.08 bits per heavy atom. The van der Waals surface area contributed by atoms with Gasteiger partial charge in [0.15, 0.2) is 0 Å². The van der Waals surface area contributed by atoms with Crippen molar-refractivity contribution in [2.45, 2.75) is 25.2 Å². The van der Waals surface area contributed by atoms with Gasteiger partial charge in [-0.2, -0.15) is 0 Å². The van der Waals surface area contributed by atoms with Crippen LogP contribution in [0.5, 0.6) is 0 Å². The lowest BCUT2D eigenvalue weighted by atomic mass is 9.88. The van der Waals surface area contributed by atoms with Crippen LogP contribution in [0, 0.1) is 5.92 Å². The Kier molecular flexibility index (Phi) is 3.63. The molecule has 1 N–H and O–H groups in total. The summed E-state index contributed by atoms with van der Waals surface area (Å²) in [5.74, 6) is 0.532. The van der Waals surface area contributed by atoms with Crippen LogP contribution >= 0.6 is 0 Å². The highest BCUT2D eigenvalue weighted by Gasteiger charge is 2.37. The monoisotopic (exact) mass is 343 g/mol. The van der Waals surface area contributed by atoms with Crippen LogP contribution in [0.3, 0.4) is 0 Å². The Labute approximate surface area is 152 Å². The lowest BCUT2D eigenvalue weighted by molar-refractivity contribution is -0.122. The first-order valence-corrected chi connectivity index (χ1v) is 9.27. The second kappa shape index (κ2) is 6.13. The second-order valence-corrected chi connectivity index (χ2v) is 7.24. The van der Waals surface area contributed by atoms with E-state index in [1.54, 1.807) is 6.33 Å². The third-order valence-corrected chi connectivity index (χ3v) is 5.77. The third-order valence-electron chi connectivity index (χ3n) is 5.77. The van der Waals surface area contributed by atoms with Crippen molar-refractivity contribution >= 4 is 11.6 Å². The number of nitrogens with zero attached hydrogens (tertiary/aromatic N) is 2. The summed E-state index contributed by atoms with van der Waals surface area (Å²) in [6, 6.07) is 18.8. The molecule has 26 heavy (non-hydrogen) atoms. The maximum absolute atomic E-state index is 13.4. The minimum absolute atomic E-state index is 0.0329. The molecule has 3 aromatic rings. The lowest BCUT2D eigenvalue weighted by Gasteiger charge is -2.26. The van der Waals surface area contributed by atoms with E-state index in [2.05, 4.69) is 52.4 Å². The molecular weight excluding hydrogens is 322 g/mol. The smallest absolute Gasteiger partial charge is 0.230 e. The van der Waals surface area contributed by atoms with Crippen LogP contribution in [0.2, 0.25) is 0 Å². The number of fused-ring (bicyclic) bond motifs is 2. The third kappa shape index (κ3) is 2.45. The van der Waals surface area contributed by atoms with Gasteiger partial charge in [-0.3, -0.25) is 4.79 Å². The molecule has 2 aliphatic rings. The number of carbonyl (C=O) groups is 1. The molecule has 2 atom stereocenters. The van der Waals surface area contributed by atoms with Crippen LogP contribution in [-0.4, -0.2) is 22.4 Å². The van der Waals surface area contributed by atoms with Crippen molar-refractivity contribution in [3.05, 3.63) is 83.4 Å². The average molecular weight is 343 g/mol. The van der Waals surface area contributed by atoms with Crippen LogP contribution in [-0.2, 0) is 17.6 Å². The number of aromatic amines is 1. The molecule has 4 heteroatoms. The number of imidazole rings is 1. The Morgan fingerprint density at radius 3 is 2.77 bits per heavy atom. The summed E-state index contributed by atoms with van der Waals surface area (Å²) in [7, 11) is 0. The van der Waals surface area contributed by atoms with E-state index in [4.69, 9.17) is 0 Å². The van der Waals surface area contributed by atoms with E-state index >= 15 is 0 Å². The SMILES string of the molecule is O=C(C1CCc2nc[nH]c2C1)N1CC(c2ccccc2)c2ccccc21. The molecule has 2 aromatic carbocycles. The topological polar surface area (TPSA) is 49.0 Å². The maximum Gasteiger partial charge on any atom is 0.230 e. The van der Waals surface area contributed by atoms with Gasteiger partial charge in [-0.25, -0.2) is 4.98 Å². The molecule has 1 aromatic heterocycles. The van der Waals surface area contributed by atoms with Crippen LogP contribution < -0.4 is 4.90 Å². The Morgan fingerprint density at radius 2 is 1.88 bits per heavy atom. The minimum atomic E-state index is 0.0329. The fraction of sp³-hybridized carbons (Fsp3) is 0.273. The quantitative estimate of drug-likeness (QED) is 0.771. The van der Waals surface area contributed by atoms with Gasteiger partial charge in [0.05, 0.1) is 12.0 Å². The number of amides is 1. The molecule has 1 aliphatic heterocycles. The number of aromatic nitrogens is 2. The van der Waals surface area contributed by atoms with Crippen molar-refractivity contribution in [1.29, 1.82) is 0 Å². The number of nitrogens with one attached hydrogen (secondary N) is 1. The lowest BCUT2D eigenvalue weighted by Crippen LogP contribution is -2.38. The molecule has 0 radical (unpaired) electrons. The van der Waals surface area contributed by atoms with E-state index in [1.165, 1.54) is 11.1 Å². The zero-order valence-corrected chi connectivity index (χ0v) is 14.6. The van der Waals surface area contributed by atoms with Crippen molar-refractivity contribution in [3.8, 4) is 0 Å². The van der Waals surface area contributed by atoms with Crippen LogP contribution in [0.4, 0.5) is 5.69 Å². The van der Waals surface area contributed by atoms with Crippen LogP contribution in [0.1, 0.15) is 34.9 Å². The summed E-state index contributed by atoms with van der Waals surface area (Å²) in [6.07, 6.45) is 4.27. The van der Waals surface area contributed by atoms with Gasteiger partial charge in [-0.15, -0.1) is 0 Å². The number of para-hydroxylation sites is 1. The first kappa shape index (κ1) is 15.4. The van der Waals surface area contributed by atoms with Gasteiger partial charge in [0.2, 0.25) is 5.91 Å². The fourth-order valence-corrected chi connectivity index (χ4v) is 4.42. The van der Waals surface area contributed by atoms with E-state index in [9.17, 15) is 4.79 Å². The highest BCUT2D eigenvalue weighted by Crippen LogP contribution is 2.41. The number of carbonyl (C=O) groups excluding carboxylic acids is 1. The number of anilines is 1. The molecule has 0 saturated heterocycles. The second-order valence-electron chi connectivity index (χ2n) is 7.24.